The Labute approximate surface area is 120 Å². The summed E-state index contributed by atoms with van der Waals surface area (Å²) in [6.07, 6.45) is 0. The van der Waals surface area contributed by atoms with Gasteiger partial charge in [0.05, 0.1) is 0 Å². The minimum absolute atomic E-state index is 0.0248. The number of rotatable bonds is 6. The topological polar surface area (TPSA) is 78.9 Å². The van der Waals surface area contributed by atoms with E-state index < -0.39 is 5.92 Å². The lowest BCUT2D eigenvalue weighted by molar-refractivity contribution is -0.135. The SMILES string of the molecule is CCN(Cc1ccccc1)C(=O)C(C(N)=NO)C(C)C. The van der Waals surface area contributed by atoms with Crippen LogP contribution in [-0.2, 0) is 11.3 Å². The fourth-order valence-electron chi connectivity index (χ4n) is 2.16. The van der Waals surface area contributed by atoms with Gasteiger partial charge in [-0.2, -0.15) is 0 Å². The molecule has 0 heterocycles. The van der Waals surface area contributed by atoms with Crippen molar-refractivity contribution in [1.82, 2.24) is 4.90 Å². The molecule has 0 aromatic heterocycles. The summed E-state index contributed by atoms with van der Waals surface area (Å²) in [7, 11) is 0. The van der Waals surface area contributed by atoms with Crippen LogP contribution in [0.5, 0.6) is 0 Å². The van der Waals surface area contributed by atoms with Crippen LogP contribution in [0.3, 0.4) is 0 Å². The highest BCUT2D eigenvalue weighted by Crippen LogP contribution is 2.16. The van der Waals surface area contributed by atoms with E-state index in [1.54, 1.807) is 4.90 Å². The molecule has 0 aliphatic rings. The van der Waals surface area contributed by atoms with Crippen molar-refractivity contribution in [1.29, 1.82) is 0 Å². The summed E-state index contributed by atoms with van der Waals surface area (Å²) >= 11 is 0. The van der Waals surface area contributed by atoms with Crippen molar-refractivity contribution in [2.45, 2.75) is 27.3 Å². The van der Waals surface area contributed by atoms with Crippen molar-refractivity contribution < 1.29 is 10.0 Å². The maximum Gasteiger partial charge on any atom is 0.233 e. The van der Waals surface area contributed by atoms with Crippen LogP contribution in [0.1, 0.15) is 26.3 Å². The Balaban J connectivity index is 2.90. The van der Waals surface area contributed by atoms with Gasteiger partial charge in [0.25, 0.3) is 0 Å². The number of hydrogen-bond acceptors (Lipinski definition) is 3. The number of oxime groups is 1. The summed E-state index contributed by atoms with van der Waals surface area (Å²) in [4.78, 5) is 14.3. The van der Waals surface area contributed by atoms with E-state index in [1.165, 1.54) is 0 Å². The van der Waals surface area contributed by atoms with E-state index in [-0.39, 0.29) is 17.7 Å². The van der Waals surface area contributed by atoms with Gasteiger partial charge in [-0.05, 0) is 18.4 Å². The lowest BCUT2D eigenvalue weighted by atomic mass is 9.93. The molecule has 1 rings (SSSR count). The minimum atomic E-state index is -0.594. The molecule has 0 spiro atoms. The largest absolute Gasteiger partial charge is 0.409 e. The maximum atomic E-state index is 12.6. The third-order valence-electron chi connectivity index (χ3n) is 3.28. The van der Waals surface area contributed by atoms with Crippen molar-refractivity contribution in [3.8, 4) is 0 Å². The number of amides is 1. The highest BCUT2D eigenvalue weighted by Gasteiger charge is 2.30. The quantitative estimate of drug-likeness (QED) is 0.361. The molecule has 0 fully saturated rings. The number of carbonyl (C=O) groups excluding carboxylic acids is 1. The van der Waals surface area contributed by atoms with E-state index in [4.69, 9.17) is 10.9 Å². The van der Waals surface area contributed by atoms with E-state index >= 15 is 0 Å². The van der Waals surface area contributed by atoms with Gasteiger partial charge in [0.15, 0.2) is 5.84 Å². The number of carbonyl (C=O) groups is 1. The van der Waals surface area contributed by atoms with Gasteiger partial charge in [-0.3, -0.25) is 4.79 Å². The predicted octanol–water partition coefficient (Wildman–Crippen LogP) is 2.05. The number of benzene rings is 1. The lowest BCUT2D eigenvalue weighted by Crippen LogP contribution is -2.44. The van der Waals surface area contributed by atoms with Crippen LogP contribution in [0.25, 0.3) is 0 Å². The maximum absolute atomic E-state index is 12.6. The first-order valence-electron chi connectivity index (χ1n) is 6.81. The fourth-order valence-corrected chi connectivity index (χ4v) is 2.16. The molecule has 5 heteroatoms. The van der Waals surface area contributed by atoms with E-state index in [9.17, 15) is 4.79 Å². The normalized spacial score (nSPS) is 13.3. The van der Waals surface area contributed by atoms with E-state index in [0.717, 1.165) is 5.56 Å². The van der Waals surface area contributed by atoms with Crippen LogP contribution in [0.15, 0.2) is 35.5 Å². The molecule has 0 saturated heterocycles. The molecule has 110 valence electrons. The first-order chi connectivity index (χ1) is 9.51. The lowest BCUT2D eigenvalue weighted by Gasteiger charge is -2.27. The third kappa shape index (κ3) is 3.98. The molecule has 1 atom stereocenters. The summed E-state index contributed by atoms with van der Waals surface area (Å²) in [5, 5.41) is 11.8. The highest BCUT2D eigenvalue weighted by atomic mass is 16.4. The molecular weight excluding hydrogens is 254 g/mol. The van der Waals surface area contributed by atoms with Gasteiger partial charge >= 0.3 is 0 Å². The molecule has 0 aliphatic heterocycles. The Bertz CT molecular complexity index is 457. The Morgan fingerprint density at radius 1 is 1.35 bits per heavy atom. The summed E-state index contributed by atoms with van der Waals surface area (Å²) in [5.74, 6) is -0.759. The molecule has 1 aromatic carbocycles. The molecule has 0 aliphatic carbocycles. The predicted molar refractivity (Wildman–Crippen MR) is 79.3 cm³/mol. The standard InChI is InChI=1S/C15H23N3O2/c1-4-18(10-12-8-6-5-7-9-12)15(19)13(11(2)3)14(16)17-20/h5-9,11,13,20H,4,10H2,1-3H3,(H2,16,17). The number of nitrogens with two attached hydrogens (primary N) is 1. The van der Waals surface area contributed by atoms with Gasteiger partial charge in [-0.1, -0.05) is 49.3 Å². The molecule has 3 N–H and O–H groups in total. The Morgan fingerprint density at radius 3 is 2.40 bits per heavy atom. The van der Waals surface area contributed by atoms with Crippen molar-refractivity contribution >= 4 is 11.7 Å². The fraction of sp³-hybridized carbons (Fsp3) is 0.467. The average molecular weight is 277 g/mol. The number of hydrogen-bond donors (Lipinski definition) is 2. The molecule has 20 heavy (non-hydrogen) atoms. The van der Waals surface area contributed by atoms with Crippen LogP contribution in [-0.4, -0.2) is 28.4 Å². The summed E-state index contributed by atoms with van der Waals surface area (Å²) in [6.45, 7) is 6.80. The van der Waals surface area contributed by atoms with E-state index in [1.807, 2.05) is 51.1 Å². The van der Waals surface area contributed by atoms with Crippen molar-refractivity contribution in [3.63, 3.8) is 0 Å². The Kier molecular flexibility index (Phi) is 6.03. The molecule has 0 saturated carbocycles. The van der Waals surface area contributed by atoms with Crippen molar-refractivity contribution in [2.75, 3.05) is 6.54 Å². The third-order valence-corrected chi connectivity index (χ3v) is 3.28. The monoisotopic (exact) mass is 277 g/mol. The summed E-state index contributed by atoms with van der Waals surface area (Å²) in [6, 6.07) is 9.77. The number of nitrogens with zero attached hydrogens (tertiary/aromatic N) is 2. The van der Waals surface area contributed by atoms with Crippen LogP contribution < -0.4 is 5.73 Å². The minimum Gasteiger partial charge on any atom is -0.409 e. The molecule has 0 bridgehead atoms. The summed E-state index contributed by atoms with van der Waals surface area (Å²) < 4.78 is 0. The van der Waals surface area contributed by atoms with Crippen molar-refractivity contribution in [3.05, 3.63) is 35.9 Å². The molecular formula is C15H23N3O2. The Hall–Kier alpha value is -2.04. The second kappa shape index (κ2) is 7.53. The average Bonchev–Trinajstić information content (AvgIpc) is 2.45. The van der Waals surface area contributed by atoms with Gasteiger partial charge in [0, 0.05) is 13.1 Å². The van der Waals surface area contributed by atoms with Crippen LogP contribution in [0, 0.1) is 11.8 Å². The van der Waals surface area contributed by atoms with Crippen LogP contribution >= 0.6 is 0 Å². The first kappa shape index (κ1) is 16.0. The zero-order valence-electron chi connectivity index (χ0n) is 12.3. The second-order valence-electron chi connectivity index (χ2n) is 5.08. The van der Waals surface area contributed by atoms with Gasteiger partial charge < -0.3 is 15.8 Å². The number of amidine groups is 1. The molecule has 1 aromatic rings. The van der Waals surface area contributed by atoms with E-state index in [2.05, 4.69) is 5.16 Å². The smallest absolute Gasteiger partial charge is 0.233 e. The van der Waals surface area contributed by atoms with Gasteiger partial charge in [0.2, 0.25) is 5.91 Å². The molecule has 5 nitrogen and oxygen atoms in total. The second-order valence-corrected chi connectivity index (χ2v) is 5.08. The zero-order valence-corrected chi connectivity index (χ0v) is 12.3. The summed E-state index contributed by atoms with van der Waals surface area (Å²) in [5.41, 5.74) is 6.72. The molecule has 1 amide bonds. The highest BCUT2D eigenvalue weighted by molar-refractivity contribution is 6.02. The molecule has 0 radical (unpaired) electrons. The van der Waals surface area contributed by atoms with Crippen LogP contribution in [0.4, 0.5) is 0 Å². The van der Waals surface area contributed by atoms with Gasteiger partial charge in [-0.15, -0.1) is 0 Å². The van der Waals surface area contributed by atoms with Crippen molar-refractivity contribution in [2.24, 2.45) is 22.7 Å². The zero-order chi connectivity index (χ0) is 15.1. The van der Waals surface area contributed by atoms with Gasteiger partial charge in [-0.25, -0.2) is 0 Å². The Morgan fingerprint density at radius 2 is 1.95 bits per heavy atom. The van der Waals surface area contributed by atoms with Crippen LogP contribution in [0.2, 0.25) is 0 Å². The molecule has 1 unspecified atom stereocenters. The first-order valence-corrected chi connectivity index (χ1v) is 6.81. The van der Waals surface area contributed by atoms with E-state index in [0.29, 0.717) is 13.1 Å². The van der Waals surface area contributed by atoms with Gasteiger partial charge in [0.1, 0.15) is 5.92 Å².